The number of hydrogen-bond donors (Lipinski definition) is 1. The molecule has 0 atom stereocenters. The Morgan fingerprint density at radius 1 is 1.31 bits per heavy atom. The maximum Gasteiger partial charge on any atom is 0.269 e. The average molecular weight is 184 g/mol. The minimum absolute atomic E-state index is 0.135. The Bertz CT molecular complexity index is 220. The molecule has 0 radical (unpaired) electrons. The topological polar surface area (TPSA) is 49.4 Å². The Hall–Kier alpha value is -1.32. The molecule has 0 rings (SSSR count). The van der Waals surface area contributed by atoms with Crippen LogP contribution in [-0.4, -0.2) is 29.8 Å². The van der Waals surface area contributed by atoms with Gasteiger partial charge in [0.1, 0.15) is 0 Å². The molecule has 74 valence electrons. The Labute approximate surface area is 78.6 Å². The van der Waals surface area contributed by atoms with E-state index in [1.54, 1.807) is 4.90 Å². The minimum Gasteiger partial charge on any atom is -0.338 e. The molecule has 2 amide bonds. The summed E-state index contributed by atoms with van der Waals surface area (Å²) in [4.78, 5) is 23.7. The van der Waals surface area contributed by atoms with Crippen molar-refractivity contribution in [2.45, 2.75) is 20.8 Å². The third-order valence-corrected chi connectivity index (χ3v) is 1.64. The molecule has 0 bridgehead atoms. The van der Waals surface area contributed by atoms with Crippen LogP contribution in [0, 0.1) is 0 Å². The summed E-state index contributed by atoms with van der Waals surface area (Å²) in [7, 11) is 0. The molecule has 0 aromatic carbocycles. The molecule has 4 nitrogen and oxygen atoms in total. The summed E-state index contributed by atoms with van der Waals surface area (Å²) in [6.45, 7) is 9.83. The first-order valence-electron chi connectivity index (χ1n) is 4.28. The Balaban J connectivity index is 4.24. The second-order valence-corrected chi connectivity index (χ2v) is 2.64. The van der Waals surface area contributed by atoms with Crippen LogP contribution in [-0.2, 0) is 9.59 Å². The van der Waals surface area contributed by atoms with Crippen molar-refractivity contribution in [1.82, 2.24) is 10.2 Å². The van der Waals surface area contributed by atoms with Gasteiger partial charge in [0.15, 0.2) is 0 Å². The highest BCUT2D eigenvalue weighted by Crippen LogP contribution is 1.95. The molecule has 0 saturated carbocycles. The summed E-state index contributed by atoms with van der Waals surface area (Å²) in [6.07, 6.45) is 0. The van der Waals surface area contributed by atoms with E-state index in [1.165, 1.54) is 6.92 Å². The van der Waals surface area contributed by atoms with Gasteiger partial charge in [0.25, 0.3) is 5.91 Å². The van der Waals surface area contributed by atoms with Crippen molar-refractivity contribution in [2.75, 3.05) is 13.1 Å². The summed E-state index contributed by atoms with van der Waals surface area (Å²) >= 11 is 0. The van der Waals surface area contributed by atoms with Crippen LogP contribution in [0.1, 0.15) is 20.8 Å². The van der Waals surface area contributed by atoms with Gasteiger partial charge in [-0.05, 0) is 13.8 Å². The highest BCUT2D eigenvalue weighted by molar-refractivity contribution is 5.96. The van der Waals surface area contributed by atoms with Gasteiger partial charge in [-0.3, -0.25) is 9.59 Å². The first-order valence-corrected chi connectivity index (χ1v) is 4.28. The van der Waals surface area contributed by atoms with E-state index in [1.807, 2.05) is 13.8 Å². The molecule has 0 aromatic rings. The summed E-state index contributed by atoms with van der Waals surface area (Å²) in [6, 6.07) is 0. The van der Waals surface area contributed by atoms with Gasteiger partial charge in [-0.15, -0.1) is 0 Å². The molecule has 4 heteroatoms. The van der Waals surface area contributed by atoms with Crippen molar-refractivity contribution < 1.29 is 9.59 Å². The predicted molar refractivity (Wildman–Crippen MR) is 50.9 cm³/mol. The van der Waals surface area contributed by atoms with Gasteiger partial charge in [-0.2, -0.15) is 0 Å². The monoisotopic (exact) mass is 184 g/mol. The van der Waals surface area contributed by atoms with Crippen LogP contribution in [0.15, 0.2) is 12.3 Å². The van der Waals surface area contributed by atoms with Gasteiger partial charge in [-0.1, -0.05) is 6.58 Å². The van der Waals surface area contributed by atoms with Gasteiger partial charge in [0.2, 0.25) is 5.91 Å². The molecule has 0 saturated heterocycles. The van der Waals surface area contributed by atoms with Crippen molar-refractivity contribution in [1.29, 1.82) is 0 Å². The molecular formula is C9H16N2O2. The van der Waals surface area contributed by atoms with E-state index >= 15 is 0 Å². The maximum atomic E-state index is 11.5. The first-order chi connectivity index (χ1) is 6.02. The summed E-state index contributed by atoms with van der Waals surface area (Å²) < 4.78 is 0. The van der Waals surface area contributed by atoms with E-state index < -0.39 is 0 Å². The van der Waals surface area contributed by atoms with E-state index in [-0.39, 0.29) is 17.5 Å². The standard InChI is InChI=1S/C9H16N2O2/c1-5-11(6-2)9(13)7(3)10-8(4)12/h3,5-6H2,1-2,4H3,(H,10,12). The molecular weight excluding hydrogens is 168 g/mol. The van der Waals surface area contributed by atoms with Gasteiger partial charge in [0.05, 0.1) is 5.70 Å². The fraction of sp³-hybridized carbons (Fsp3) is 0.556. The zero-order valence-electron chi connectivity index (χ0n) is 8.39. The van der Waals surface area contributed by atoms with Crippen LogP contribution in [0.5, 0.6) is 0 Å². The number of carbonyl (C=O) groups excluding carboxylic acids is 2. The Morgan fingerprint density at radius 3 is 2.08 bits per heavy atom. The van der Waals surface area contributed by atoms with Crippen molar-refractivity contribution >= 4 is 11.8 Å². The number of amides is 2. The number of hydrogen-bond acceptors (Lipinski definition) is 2. The first kappa shape index (κ1) is 11.7. The zero-order chi connectivity index (χ0) is 10.4. The lowest BCUT2D eigenvalue weighted by atomic mass is 10.3. The Morgan fingerprint density at radius 2 is 1.77 bits per heavy atom. The maximum absolute atomic E-state index is 11.5. The fourth-order valence-electron chi connectivity index (χ4n) is 0.968. The predicted octanol–water partition coefficient (Wildman–Crippen LogP) is 0.505. The highest BCUT2D eigenvalue weighted by Gasteiger charge is 2.13. The van der Waals surface area contributed by atoms with Gasteiger partial charge in [0, 0.05) is 20.0 Å². The van der Waals surface area contributed by atoms with E-state index in [0.29, 0.717) is 13.1 Å². The summed E-state index contributed by atoms with van der Waals surface area (Å²) in [5.41, 5.74) is 0.135. The van der Waals surface area contributed by atoms with Gasteiger partial charge in [-0.25, -0.2) is 0 Å². The normalized spacial score (nSPS) is 9.15. The van der Waals surface area contributed by atoms with Crippen LogP contribution < -0.4 is 5.32 Å². The van der Waals surface area contributed by atoms with Crippen molar-refractivity contribution in [3.63, 3.8) is 0 Å². The molecule has 1 N–H and O–H groups in total. The number of nitrogens with zero attached hydrogens (tertiary/aromatic N) is 1. The van der Waals surface area contributed by atoms with Crippen molar-refractivity contribution in [3.05, 3.63) is 12.3 Å². The molecule has 0 spiro atoms. The van der Waals surface area contributed by atoms with Crippen LogP contribution in [0.2, 0.25) is 0 Å². The highest BCUT2D eigenvalue weighted by atomic mass is 16.2. The van der Waals surface area contributed by atoms with Crippen molar-refractivity contribution in [3.8, 4) is 0 Å². The molecule has 0 aliphatic rings. The molecule has 0 heterocycles. The molecule has 0 aliphatic carbocycles. The van der Waals surface area contributed by atoms with E-state index in [9.17, 15) is 9.59 Å². The average Bonchev–Trinajstić information content (AvgIpc) is 2.05. The Kier molecular flexibility index (Phi) is 4.80. The van der Waals surface area contributed by atoms with Crippen LogP contribution in [0.25, 0.3) is 0 Å². The van der Waals surface area contributed by atoms with E-state index in [4.69, 9.17) is 0 Å². The third-order valence-electron chi connectivity index (χ3n) is 1.64. The quantitative estimate of drug-likeness (QED) is 0.647. The largest absolute Gasteiger partial charge is 0.338 e. The van der Waals surface area contributed by atoms with E-state index in [0.717, 1.165) is 0 Å². The fourth-order valence-corrected chi connectivity index (χ4v) is 0.968. The molecule has 13 heavy (non-hydrogen) atoms. The SMILES string of the molecule is C=C(NC(C)=O)C(=O)N(CC)CC. The van der Waals surface area contributed by atoms with Crippen LogP contribution in [0.4, 0.5) is 0 Å². The molecule has 0 aromatic heterocycles. The van der Waals surface area contributed by atoms with Crippen LogP contribution in [0.3, 0.4) is 0 Å². The molecule has 0 aliphatic heterocycles. The summed E-state index contributed by atoms with van der Waals surface area (Å²) in [5.74, 6) is -0.495. The molecule has 0 fully saturated rings. The van der Waals surface area contributed by atoms with Gasteiger partial charge >= 0.3 is 0 Å². The van der Waals surface area contributed by atoms with Crippen molar-refractivity contribution in [2.24, 2.45) is 0 Å². The third kappa shape index (κ3) is 3.73. The number of rotatable bonds is 4. The lowest BCUT2D eigenvalue weighted by Gasteiger charge is -2.19. The number of carbonyl (C=O) groups is 2. The minimum atomic E-state index is -0.273. The van der Waals surface area contributed by atoms with Crippen LogP contribution >= 0.6 is 0 Å². The van der Waals surface area contributed by atoms with Gasteiger partial charge < -0.3 is 10.2 Å². The summed E-state index contributed by atoms with van der Waals surface area (Å²) in [5, 5.41) is 2.37. The molecule has 0 unspecified atom stereocenters. The second kappa shape index (κ2) is 5.35. The lowest BCUT2D eigenvalue weighted by Crippen LogP contribution is -2.37. The number of likely N-dealkylation sites (N-methyl/N-ethyl adjacent to an activating group) is 1. The second-order valence-electron chi connectivity index (χ2n) is 2.64. The lowest BCUT2D eigenvalue weighted by molar-refractivity contribution is -0.129. The number of nitrogens with one attached hydrogen (secondary N) is 1. The van der Waals surface area contributed by atoms with E-state index in [2.05, 4.69) is 11.9 Å². The smallest absolute Gasteiger partial charge is 0.269 e. The zero-order valence-corrected chi connectivity index (χ0v) is 8.39.